The average molecular weight is 426 g/mol. The van der Waals surface area contributed by atoms with Crippen molar-refractivity contribution in [1.82, 2.24) is 4.98 Å². The molecule has 0 amide bonds. The predicted octanol–water partition coefficient (Wildman–Crippen LogP) is 4.53. The van der Waals surface area contributed by atoms with Gasteiger partial charge in [-0.25, -0.2) is 9.78 Å². The third-order valence-electron chi connectivity index (χ3n) is 3.97. The summed E-state index contributed by atoms with van der Waals surface area (Å²) >= 11 is 1.52. The molecule has 0 bridgehead atoms. The molecule has 3 aromatic rings. The van der Waals surface area contributed by atoms with Crippen molar-refractivity contribution >= 4 is 28.7 Å². The number of benzene rings is 2. The van der Waals surface area contributed by atoms with E-state index in [9.17, 15) is 4.79 Å². The van der Waals surface area contributed by atoms with Gasteiger partial charge in [0, 0.05) is 11.8 Å². The molecule has 0 aliphatic carbocycles. The second kappa shape index (κ2) is 11.0. The summed E-state index contributed by atoms with van der Waals surface area (Å²) in [5.74, 6) is 1.13. The van der Waals surface area contributed by atoms with Gasteiger partial charge in [-0.1, -0.05) is 0 Å². The van der Waals surface area contributed by atoms with Crippen molar-refractivity contribution in [2.45, 2.75) is 13.3 Å². The molecule has 8 heteroatoms. The second-order valence-corrected chi connectivity index (χ2v) is 7.16. The third-order valence-corrected chi connectivity index (χ3v) is 4.84. The van der Waals surface area contributed by atoms with Crippen LogP contribution in [-0.4, -0.2) is 37.5 Å². The van der Waals surface area contributed by atoms with E-state index in [0.29, 0.717) is 24.5 Å². The Morgan fingerprint density at radius 2 is 1.70 bits per heavy atom. The van der Waals surface area contributed by atoms with Crippen LogP contribution in [0, 0.1) is 6.92 Å². The lowest BCUT2D eigenvalue weighted by Crippen LogP contribution is -2.05. The maximum absolute atomic E-state index is 11.4. The number of esters is 1. The smallest absolute Gasteiger partial charge is 0.337 e. The van der Waals surface area contributed by atoms with Crippen LogP contribution in [0.15, 0.2) is 59.0 Å². The van der Waals surface area contributed by atoms with Crippen LogP contribution in [0.4, 0.5) is 5.13 Å². The number of aryl methyl sites for hydroxylation is 1. The standard InChI is InChI=1S/C22H23N3O4S/c1-16-15-30-22(24-16)25-23-14-17-4-8-19(9-5-17)28-12-3-13-29-20-10-6-18(7-11-20)21(26)27-2/h4-11,14-15H,3,12-13H2,1-2H3,(H,24,25). The van der Waals surface area contributed by atoms with Gasteiger partial charge in [-0.05, 0) is 61.0 Å². The normalized spacial score (nSPS) is 10.7. The summed E-state index contributed by atoms with van der Waals surface area (Å²) in [4.78, 5) is 15.7. The van der Waals surface area contributed by atoms with Crippen molar-refractivity contribution in [2.24, 2.45) is 5.10 Å². The summed E-state index contributed by atoms with van der Waals surface area (Å²) in [5.41, 5.74) is 5.34. The van der Waals surface area contributed by atoms with Crippen LogP contribution in [0.3, 0.4) is 0 Å². The van der Waals surface area contributed by atoms with Gasteiger partial charge in [0.05, 0.1) is 37.8 Å². The number of methoxy groups -OCH3 is 1. The summed E-state index contributed by atoms with van der Waals surface area (Å²) in [6.45, 7) is 3.00. The fraction of sp³-hybridized carbons (Fsp3) is 0.227. The van der Waals surface area contributed by atoms with Gasteiger partial charge in [-0.3, -0.25) is 5.43 Å². The molecule has 0 aliphatic heterocycles. The first-order chi connectivity index (χ1) is 14.6. The van der Waals surface area contributed by atoms with Gasteiger partial charge in [0.1, 0.15) is 11.5 Å². The Morgan fingerprint density at radius 1 is 1.07 bits per heavy atom. The zero-order valence-corrected chi connectivity index (χ0v) is 17.6. The van der Waals surface area contributed by atoms with Crippen molar-refractivity contribution in [3.05, 3.63) is 70.7 Å². The Bertz CT molecular complexity index is 969. The van der Waals surface area contributed by atoms with Crippen LogP contribution in [-0.2, 0) is 4.74 Å². The van der Waals surface area contributed by atoms with E-state index < -0.39 is 0 Å². The highest BCUT2D eigenvalue weighted by Crippen LogP contribution is 2.15. The molecule has 0 radical (unpaired) electrons. The summed E-state index contributed by atoms with van der Waals surface area (Å²) in [6, 6.07) is 14.5. The van der Waals surface area contributed by atoms with Crippen molar-refractivity contribution in [2.75, 3.05) is 25.7 Å². The Kier molecular flexibility index (Phi) is 7.79. The van der Waals surface area contributed by atoms with Crippen molar-refractivity contribution in [1.29, 1.82) is 0 Å². The molecular formula is C22H23N3O4S. The number of rotatable bonds is 10. The second-order valence-electron chi connectivity index (χ2n) is 6.30. The number of nitrogens with one attached hydrogen (secondary N) is 1. The summed E-state index contributed by atoms with van der Waals surface area (Å²) in [5, 5.41) is 6.92. The molecule has 0 spiro atoms. The predicted molar refractivity (Wildman–Crippen MR) is 118 cm³/mol. The van der Waals surface area contributed by atoms with Crippen molar-refractivity contribution in [3.8, 4) is 11.5 Å². The summed E-state index contributed by atoms with van der Waals surface area (Å²) < 4.78 is 16.1. The van der Waals surface area contributed by atoms with Gasteiger partial charge >= 0.3 is 5.97 Å². The lowest BCUT2D eigenvalue weighted by Gasteiger charge is -2.08. The van der Waals surface area contributed by atoms with E-state index in [0.717, 1.165) is 28.6 Å². The molecule has 30 heavy (non-hydrogen) atoms. The minimum atomic E-state index is -0.363. The van der Waals surface area contributed by atoms with Crippen LogP contribution < -0.4 is 14.9 Å². The molecule has 0 saturated heterocycles. The minimum Gasteiger partial charge on any atom is -0.493 e. The number of thiazole rings is 1. The maximum Gasteiger partial charge on any atom is 0.337 e. The number of hydrazone groups is 1. The molecule has 0 unspecified atom stereocenters. The number of nitrogens with zero attached hydrogens (tertiary/aromatic N) is 2. The molecule has 0 saturated carbocycles. The number of carbonyl (C=O) groups excluding carboxylic acids is 1. The number of ether oxygens (including phenoxy) is 3. The molecule has 1 heterocycles. The first-order valence-electron chi connectivity index (χ1n) is 9.39. The molecule has 0 atom stereocenters. The summed E-state index contributed by atoms with van der Waals surface area (Å²) in [7, 11) is 1.36. The largest absolute Gasteiger partial charge is 0.493 e. The molecule has 156 valence electrons. The van der Waals surface area contributed by atoms with Crippen LogP contribution in [0.1, 0.15) is 28.0 Å². The van der Waals surface area contributed by atoms with Gasteiger partial charge in [-0.15, -0.1) is 11.3 Å². The van der Waals surface area contributed by atoms with Gasteiger partial charge in [0.15, 0.2) is 0 Å². The molecule has 1 aromatic heterocycles. The van der Waals surface area contributed by atoms with Crippen LogP contribution in [0.2, 0.25) is 0 Å². The van der Waals surface area contributed by atoms with Crippen LogP contribution in [0.25, 0.3) is 0 Å². The molecule has 3 rings (SSSR count). The fourth-order valence-electron chi connectivity index (χ4n) is 2.46. The first-order valence-corrected chi connectivity index (χ1v) is 10.3. The number of hydrogen-bond donors (Lipinski definition) is 1. The number of carbonyl (C=O) groups is 1. The van der Waals surface area contributed by atoms with E-state index in [1.807, 2.05) is 36.6 Å². The summed E-state index contributed by atoms with van der Waals surface area (Å²) in [6.07, 6.45) is 2.47. The number of aromatic nitrogens is 1. The highest BCUT2D eigenvalue weighted by Gasteiger charge is 2.04. The Labute approximate surface area is 179 Å². The Morgan fingerprint density at radius 3 is 2.27 bits per heavy atom. The van der Waals surface area contributed by atoms with Crippen molar-refractivity contribution in [3.63, 3.8) is 0 Å². The monoisotopic (exact) mass is 425 g/mol. The number of anilines is 1. The first kappa shape index (κ1) is 21.3. The minimum absolute atomic E-state index is 0.363. The molecule has 0 fully saturated rings. The van der Waals surface area contributed by atoms with E-state index in [1.165, 1.54) is 18.4 Å². The molecular weight excluding hydrogens is 402 g/mol. The van der Waals surface area contributed by atoms with E-state index in [-0.39, 0.29) is 5.97 Å². The van der Waals surface area contributed by atoms with Gasteiger partial charge in [-0.2, -0.15) is 5.10 Å². The van der Waals surface area contributed by atoms with E-state index in [2.05, 4.69) is 20.2 Å². The van der Waals surface area contributed by atoms with E-state index in [4.69, 9.17) is 9.47 Å². The lowest BCUT2D eigenvalue weighted by atomic mass is 10.2. The van der Waals surface area contributed by atoms with Crippen LogP contribution >= 0.6 is 11.3 Å². The van der Waals surface area contributed by atoms with Gasteiger partial charge in [0.2, 0.25) is 5.13 Å². The SMILES string of the molecule is COC(=O)c1ccc(OCCCOc2ccc(C=NNc3nc(C)cs3)cc2)cc1. The maximum atomic E-state index is 11.4. The third kappa shape index (κ3) is 6.59. The lowest BCUT2D eigenvalue weighted by molar-refractivity contribution is 0.0600. The van der Waals surface area contributed by atoms with Gasteiger partial charge < -0.3 is 14.2 Å². The van der Waals surface area contributed by atoms with E-state index in [1.54, 1.807) is 30.5 Å². The average Bonchev–Trinajstić information content (AvgIpc) is 3.19. The quantitative estimate of drug-likeness (QED) is 0.222. The Hall–Kier alpha value is -3.39. The fourth-order valence-corrected chi connectivity index (χ4v) is 3.10. The van der Waals surface area contributed by atoms with E-state index >= 15 is 0 Å². The number of hydrogen-bond acceptors (Lipinski definition) is 8. The highest BCUT2D eigenvalue weighted by molar-refractivity contribution is 7.13. The highest BCUT2D eigenvalue weighted by atomic mass is 32.1. The zero-order valence-electron chi connectivity index (χ0n) is 16.8. The molecule has 0 aliphatic rings. The Balaban J connectivity index is 1.34. The van der Waals surface area contributed by atoms with Crippen LogP contribution in [0.5, 0.6) is 11.5 Å². The molecule has 7 nitrogen and oxygen atoms in total. The topological polar surface area (TPSA) is 82.0 Å². The van der Waals surface area contributed by atoms with Crippen molar-refractivity contribution < 1.29 is 19.0 Å². The molecule has 1 N–H and O–H groups in total. The zero-order chi connectivity index (χ0) is 21.2. The van der Waals surface area contributed by atoms with Gasteiger partial charge in [0.25, 0.3) is 0 Å². The molecule has 2 aromatic carbocycles.